The Morgan fingerprint density at radius 2 is 2.18 bits per heavy atom. The first-order chi connectivity index (χ1) is 8.08. The van der Waals surface area contributed by atoms with Gasteiger partial charge in [-0.1, -0.05) is 42.3 Å². The lowest BCUT2D eigenvalue weighted by Crippen LogP contribution is -2.39. The number of carbonyl (C=O) groups excluding carboxylic acids is 1. The third-order valence-electron chi connectivity index (χ3n) is 3.18. The zero-order chi connectivity index (χ0) is 12.4. The Morgan fingerprint density at radius 3 is 2.88 bits per heavy atom. The number of ketones is 1. The number of hydrogen-bond acceptors (Lipinski definition) is 2. The summed E-state index contributed by atoms with van der Waals surface area (Å²) in [6, 6.07) is 5.67. The second kappa shape index (κ2) is 5.38. The Kier molecular flexibility index (Phi) is 4.08. The number of Topliss-reactive ketones (excluding diaryl/α,β-unsaturated/α-hetero) is 1. The summed E-state index contributed by atoms with van der Waals surface area (Å²) < 4.78 is 0. The summed E-state index contributed by atoms with van der Waals surface area (Å²) in [5.74, 6) is 0.486. The molecule has 1 atom stereocenters. The van der Waals surface area contributed by atoms with Crippen LogP contribution in [-0.2, 0) is 11.3 Å². The van der Waals surface area contributed by atoms with Crippen molar-refractivity contribution in [3.63, 3.8) is 0 Å². The highest BCUT2D eigenvalue weighted by Gasteiger charge is 2.23. The highest BCUT2D eigenvalue weighted by molar-refractivity contribution is 6.42. The van der Waals surface area contributed by atoms with Crippen LogP contribution in [0.1, 0.15) is 18.9 Å². The Hall–Kier alpha value is -0.570. The third kappa shape index (κ3) is 3.01. The van der Waals surface area contributed by atoms with E-state index in [1.165, 1.54) is 0 Å². The summed E-state index contributed by atoms with van der Waals surface area (Å²) >= 11 is 12.1. The second-order valence-electron chi connectivity index (χ2n) is 4.57. The Bertz CT molecular complexity index is 433. The van der Waals surface area contributed by atoms with Crippen molar-refractivity contribution in [1.82, 2.24) is 4.90 Å². The molecule has 1 aromatic carbocycles. The van der Waals surface area contributed by atoms with Crippen LogP contribution in [0, 0.1) is 5.92 Å². The summed E-state index contributed by atoms with van der Waals surface area (Å²) in [6.45, 7) is 4.36. The largest absolute Gasteiger partial charge is 0.299 e. The zero-order valence-corrected chi connectivity index (χ0v) is 11.3. The van der Waals surface area contributed by atoms with Crippen molar-refractivity contribution in [2.24, 2.45) is 5.92 Å². The van der Waals surface area contributed by atoms with Crippen LogP contribution in [0.25, 0.3) is 0 Å². The molecule has 1 unspecified atom stereocenters. The monoisotopic (exact) mass is 271 g/mol. The van der Waals surface area contributed by atoms with Gasteiger partial charge in [0, 0.05) is 32.0 Å². The molecule has 1 aliphatic heterocycles. The summed E-state index contributed by atoms with van der Waals surface area (Å²) in [5, 5.41) is 1.21. The fourth-order valence-corrected chi connectivity index (χ4v) is 2.53. The van der Waals surface area contributed by atoms with E-state index in [0.29, 0.717) is 22.2 Å². The number of likely N-dealkylation sites (tertiary alicyclic amines) is 1. The van der Waals surface area contributed by atoms with Gasteiger partial charge in [0.1, 0.15) is 5.78 Å². The Labute approximate surface area is 112 Å². The molecule has 1 saturated heterocycles. The lowest BCUT2D eigenvalue weighted by Gasteiger charge is -2.30. The van der Waals surface area contributed by atoms with Crippen molar-refractivity contribution in [2.75, 3.05) is 13.1 Å². The number of piperidine rings is 1. The normalized spacial score (nSPS) is 21.8. The van der Waals surface area contributed by atoms with Gasteiger partial charge in [-0.05, 0) is 11.6 Å². The fourth-order valence-electron chi connectivity index (χ4n) is 2.15. The molecule has 0 amide bonds. The average Bonchev–Trinajstić information content (AvgIpc) is 2.30. The fraction of sp³-hybridized carbons (Fsp3) is 0.462. The first-order valence-corrected chi connectivity index (χ1v) is 6.51. The number of halogens is 2. The van der Waals surface area contributed by atoms with E-state index in [1.54, 1.807) is 6.07 Å². The molecule has 0 N–H and O–H groups in total. The minimum Gasteiger partial charge on any atom is -0.299 e. The molecular formula is C13H15Cl2NO. The maximum absolute atomic E-state index is 11.4. The second-order valence-corrected chi connectivity index (χ2v) is 5.35. The van der Waals surface area contributed by atoms with E-state index < -0.39 is 0 Å². The molecule has 1 heterocycles. The maximum Gasteiger partial charge on any atom is 0.138 e. The van der Waals surface area contributed by atoms with E-state index in [0.717, 1.165) is 25.2 Å². The predicted molar refractivity (Wildman–Crippen MR) is 70.5 cm³/mol. The van der Waals surface area contributed by atoms with Gasteiger partial charge in [0.25, 0.3) is 0 Å². The van der Waals surface area contributed by atoms with Crippen molar-refractivity contribution in [3.05, 3.63) is 33.8 Å². The van der Waals surface area contributed by atoms with Crippen LogP contribution in [0.5, 0.6) is 0 Å². The van der Waals surface area contributed by atoms with Crippen molar-refractivity contribution >= 4 is 29.0 Å². The quantitative estimate of drug-likeness (QED) is 0.822. The Morgan fingerprint density at radius 1 is 1.41 bits per heavy atom. The van der Waals surface area contributed by atoms with E-state index in [4.69, 9.17) is 23.2 Å². The maximum atomic E-state index is 11.4. The minimum absolute atomic E-state index is 0.127. The first-order valence-electron chi connectivity index (χ1n) is 5.76. The molecule has 0 aromatic heterocycles. The molecular weight excluding hydrogens is 257 g/mol. The molecule has 92 valence electrons. The van der Waals surface area contributed by atoms with E-state index >= 15 is 0 Å². The van der Waals surface area contributed by atoms with Gasteiger partial charge < -0.3 is 0 Å². The summed E-state index contributed by atoms with van der Waals surface area (Å²) in [6.07, 6.45) is 0.638. The number of carbonyl (C=O) groups is 1. The van der Waals surface area contributed by atoms with Gasteiger partial charge in [-0.15, -0.1) is 0 Å². The highest BCUT2D eigenvalue weighted by Crippen LogP contribution is 2.27. The van der Waals surface area contributed by atoms with Crippen LogP contribution in [0.3, 0.4) is 0 Å². The molecule has 2 nitrogen and oxygen atoms in total. The van der Waals surface area contributed by atoms with Gasteiger partial charge in [-0.2, -0.15) is 0 Å². The van der Waals surface area contributed by atoms with Crippen molar-refractivity contribution in [2.45, 2.75) is 19.9 Å². The molecule has 0 radical (unpaired) electrons. The number of hydrogen-bond donors (Lipinski definition) is 0. The molecule has 2 rings (SSSR count). The molecule has 0 aliphatic carbocycles. The first kappa shape index (κ1) is 12.9. The summed E-state index contributed by atoms with van der Waals surface area (Å²) in [4.78, 5) is 13.7. The third-order valence-corrected chi connectivity index (χ3v) is 4.04. The van der Waals surface area contributed by atoms with Gasteiger partial charge in [0.2, 0.25) is 0 Å². The van der Waals surface area contributed by atoms with E-state index in [1.807, 2.05) is 19.1 Å². The highest BCUT2D eigenvalue weighted by atomic mass is 35.5. The van der Waals surface area contributed by atoms with Gasteiger partial charge >= 0.3 is 0 Å². The molecule has 0 bridgehead atoms. The van der Waals surface area contributed by atoms with Gasteiger partial charge in [-0.3, -0.25) is 9.69 Å². The van der Waals surface area contributed by atoms with Crippen molar-refractivity contribution < 1.29 is 4.79 Å². The molecule has 4 heteroatoms. The zero-order valence-electron chi connectivity index (χ0n) is 9.75. The van der Waals surface area contributed by atoms with E-state index in [9.17, 15) is 4.79 Å². The van der Waals surface area contributed by atoms with Crippen LogP contribution in [-0.4, -0.2) is 23.8 Å². The topological polar surface area (TPSA) is 20.3 Å². The number of nitrogens with zero attached hydrogens (tertiary/aromatic N) is 1. The lowest BCUT2D eigenvalue weighted by atomic mass is 9.98. The summed E-state index contributed by atoms with van der Waals surface area (Å²) in [5.41, 5.74) is 1.03. The summed E-state index contributed by atoms with van der Waals surface area (Å²) in [7, 11) is 0. The average molecular weight is 272 g/mol. The molecule has 0 spiro atoms. The van der Waals surface area contributed by atoms with E-state index in [2.05, 4.69) is 4.90 Å². The van der Waals surface area contributed by atoms with Crippen LogP contribution >= 0.6 is 23.2 Å². The lowest BCUT2D eigenvalue weighted by molar-refractivity contribution is -0.125. The van der Waals surface area contributed by atoms with Gasteiger partial charge in [0.05, 0.1) is 10.0 Å². The van der Waals surface area contributed by atoms with Gasteiger partial charge in [0.15, 0.2) is 0 Å². The minimum atomic E-state index is 0.127. The number of rotatable bonds is 2. The van der Waals surface area contributed by atoms with Crippen LogP contribution in [0.4, 0.5) is 0 Å². The molecule has 1 aromatic rings. The SMILES string of the molecule is CC1CN(Cc2cccc(Cl)c2Cl)CCC1=O. The van der Waals surface area contributed by atoms with Crippen molar-refractivity contribution in [1.29, 1.82) is 0 Å². The molecule has 17 heavy (non-hydrogen) atoms. The van der Waals surface area contributed by atoms with Crippen LogP contribution in [0.15, 0.2) is 18.2 Å². The smallest absolute Gasteiger partial charge is 0.138 e. The Balaban J connectivity index is 2.06. The van der Waals surface area contributed by atoms with E-state index in [-0.39, 0.29) is 5.92 Å². The van der Waals surface area contributed by atoms with Crippen LogP contribution in [0.2, 0.25) is 10.0 Å². The standard InChI is InChI=1S/C13H15Cl2NO/c1-9-7-16(6-5-12(9)17)8-10-3-2-4-11(14)13(10)15/h2-4,9H,5-8H2,1H3. The van der Waals surface area contributed by atoms with Crippen LogP contribution < -0.4 is 0 Å². The predicted octanol–water partition coefficient (Wildman–Crippen LogP) is 3.40. The number of benzene rings is 1. The molecule has 1 fully saturated rings. The van der Waals surface area contributed by atoms with Crippen molar-refractivity contribution in [3.8, 4) is 0 Å². The van der Waals surface area contributed by atoms with Gasteiger partial charge in [-0.25, -0.2) is 0 Å². The molecule has 1 aliphatic rings. The molecule has 0 saturated carbocycles.